The molecular weight excluding hydrogens is 263 g/mol. The Bertz CT molecular complexity index is 235. The Morgan fingerprint density at radius 3 is 2.75 bits per heavy atom. The molecule has 12 heavy (non-hydrogen) atoms. The van der Waals surface area contributed by atoms with Crippen LogP contribution in [0.3, 0.4) is 0 Å². The van der Waals surface area contributed by atoms with Gasteiger partial charge in [0.25, 0.3) is 0 Å². The van der Waals surface area contributed by atoms with Gasteiger partial charge in [0.05, 0.1) is 0 Å². The van der Waals surface area contributed by atoms with E-state index in [1.165, 1.54) is 9.13 Å². The molecule has 1 radical (unpaired) electrons. The number of rotatable bonds is 4. The summed E-state index contributed by atoms with van der Waals surface area (Å²) in [6.45, 7) is 0.253. The van der Waals surface area contributed by atoms with Crippen LogP contribution in [-0.2, 0) is 6.42 Å². The molecule has 0 aliphatic heterocycles. The summed E-state index contributed by atoms with van der Waals surface area (Å²) in [4.78, 5) is 0. The second-order valence-electron chi connectivity index (χ2n) is 2.60. The van der Waals surface area contributed by atoms with Gasteiger partial charge in [0.2, 0.25) is 0 Å². The van der Waals surface area contributed by atoms with Crippen molar-refractivity contribution in [2.75, 3.05) is 6.61 Å². The summed E-state index contributed by atoms with van der Waals surface area (Å²) < 4.78 is 1.30. The normalized spacial score (nSPS) is 10.2. The maximum atomic E-state index is 8.58. The van der Waals surface area contributed by atoms with Crippen molar-refractivity contribution in [2.45, 2.75) is 12.8 Å². The molecule has 0 atom stereocenters. The highest BCUT2D eigenvalue weighted by molar-refractivity contribution is 14.1. The maximum Gasteiger partial charge on any atom is 0.0433 e. The second kappa shape index (κ2) is 5.54. The first kappa shape index (κ1) is 9.99. The van der Waals surface area contributed by atoms with Crippen LogP contribution >= 0.6 is 22.6 Å². The predicted molar refractivity (Wildman–Crippen MR) is 58.9 cm³/mol. The van der Waals surface area contributed by atoms with Crippen LogP contribution in [-0.4, -0.2) is 11.7 Å². The zero-order chi connectivity index (χ0) is 8.81. The van der Waals surface area contributed by atoms with Crippen LogP contribution in [0.1, 0.15) is 12.0 Å². The van der Waals surface area contributed by atoms with Crippen LogP contribution in [0.15, 0.2) is 24.3 Å². The summed E-state index contributed by atoms with van der Waals surface area (Å²) in [5.41, 5.74) is 1.34. The number of benzene rings is 1. The van der Waals surface area contributed by atoms with E-state index in [1.54, 1.807) is 0 Å². The number of halogens is 1. The van der Waals surface area contributed by atoms with Gasteiger partial charge in [-0.1, -0.05) is 18.2 Å². The van der Waals surface area contributed by atoms with Crippen molar-refractivity contribution in [1.82, 2.24) is 0 Å². The van der Waals surface area contributed by atoms with E-state index in [1.807, 2.05) is 12.1 Å². The Kier molecular flexibility index (Phi) is 4.61. The number of aliphatic hydroxyl groups excluding tert-OH is 1. The van der Waals surface area contributed by atoms with Crippen LogP contribution in [0, 0.1) is 9.99 Å². The summed E-state index contributed by atoms with van der Waals surface area (Å²) in [6, 6.07) is 8.31. The lowest BCUT2D eigenvalue weighted by Gasteiger charge is -2.01. The van der Waals surface area contributed by atoms with Crippen LogP contribution in [0.2, 0.25) is 0 Å². The Labute approximate surface area is 86.9 Å². The summed E-state index contributed by atoms with van der Waals surface area (Å²) >= 11 is 2.33. The van der Waals surface area contributed by atoms with Crippen molar-refractivity contribution in [3.05, 3.63) is 39.8 Å². The average Bonchev–Trinajstić information content (AvgIpc) is 2.09. The molecule has 0 spiro atoms. The second-order valence-corrected chi connectivity index (χ2v) is 3.76. The maximum absolute atomic E-state index is 8.58. The first-order valence-corrected chi connectivity index (χ1v) is 5.08. The van der Waals surface area contributed by atoms with E-state index in [9.17, 15) is 0 Å². The van der Waals surface area contributed by atoms with Gasteiger partial charge in [0.1, 0.15) is 0 Å². The van der Waals surface area contributed by atoms with Gasteiger partial charge in [-0.15, -0.1) is 0 Å². The lowest BCUT2D eigenvalue weighted by atomic mass is 10.1. The Balaban J connectivity index is 2.46. The van der Waals surface area contributed by atoms with Gasteiger partial charge in [0, 0.05) is 10.2 Å². The van der Waals surface area contributed by atoms with Crippen LogP contribution in [0.5, 0.6) is 0 Å². The Morgan fingerprint density at radius 2 is 2.08 bits per heavy atom. The minimum Gasteiger partial charge on any atom is -0.396 e. The summed E-state index contributed by atoms with van der Waals surface area (Å²) in [6.07, 6.45) is 3.85. The van der Waals surface area contributed by atoms with Gasteiger partial charge in [-0.25, -0.2) is 0 Å². The van der Waals surface area contributed by atoms with Crippen molar-refractivity contribution >= 4 is 22.6 Å². The summed E-state index contributed by atoms with van der Waals surface area (Å²) in [7, 11) is 0. The summed E-state index contributed by atoms with van der Waals surface area (Å²) in [5.74, 6) is 0. The molecule has 2 heteroatoms. The molecule has 1 aromatic carbocycles. The predicted octanol–water partition coefficient (Wildman–Crippen LogP) is 2.42. The molecule has 0 aliphatic rings. The zero-order valence-electron chi connectivity index (χ0n) is 6.83. The highest BCUT2D eigenvalue weighted by Gasteiger charge is 1.96. The van der Waals surface area contributed by atoms with E-state index in [2.05, 4.69) is 41.1 Å². The highest BCUT2D eigenvalue weighted by Crippen LogP contribution is 2.13. The Hall–Kier alpha value is -0.0900. The molecule has 0 aromatic heterocycles. The fourth-order valence-corrected chi connectivity index (χ4v) is 1.62. The molecule has 1 N–H and O–H groups in total. The molecule has 0 aliphatic carbocycles. The molecule has 0 saturated heterocycles. The third-order valence-electron chi connectivity index (χ3n) is 1.66. The third kappa shape index (κ3) is 3.11. The highest BCUT2D eigenvalue weighted by atomic mass is 127. The van der Waals surface area contributed by atoms with Gasteiger partial charge in [-0.2, -0.15) is 0 Å². The van der Waals surface area contributed by atoms with Crippen LogP contribution in [0.25, 0.3) is 0 Å². The van der Waals surface area contributed by atoms with E-state index in [4.69, 9.17) is 5.11 Å². The van der Waals surface area contributed by atoms with E-state index >= 15 is 0 Å². The number of hydrogen-bond acceptors (Lipinski definition) is 1. The fraction of sp³-hybridized carbons (Fsp3) is 0.300. The third-order valence-corrected chi connectivity index (χ3v) is 2.71. The van der Waals surface area contributed by atoms with Crippen molar-refractivity contribution in [2.24, 2.45) is 0 Å². The minimum absolute atomic E-state index is 0.253. The molecule has 1 aromatic rings. The standard InChI is InChI=1S/C10H12IO/c11-10-7-2-1-5-9(10)6-3-4-8-12/h1-3,5,7,12H,4,6,8H2. The molecule has 0 fully saturated rings. The van der Waals surface area contributed by atoms with Gasteiger partial charge in [-0.3, -0.25) is 0 Å². The number of hydrogen-bond donors (Lipinski definition) is 1. The number of aliphatic hydroxyl groups is 1. The van der Waals surface area contributed by atoms with E-state index in [0.717, 1.165) is 12.8 Å². The summed E-state index contributed by atoms with van der Waals surface area (Å²) in [5, 5.41) is 8.58. The monoisotopic (exact) mass is 275 g/mol. The van der Waals surface area contributed by atoms with E-state index in [0.29, 0.717) is 0 Å². The lowest BCUT2D eigenvalue weighted by Crippen LogP contribution is -1.91. The van der Waals surface area contributed by atoms with Crippen molar-refractivity contribution in [3.63, 3.8) is 0 Å². The van der Waals surface area contributed by atoms with Crippen molar-refractivity contribution in [3.8, 4) is 0 Å². The first-order chi connectivity index (χ1) is 5.84. The van der Waals surface area contributed by atoms with Gasteiger partial charge in [0.15, 0.2) is 0 Å². The minimum atomic E-state index is 0.253. The average molecular weight is 275 g/mol. The van der Waals surface area contributed by atoms with Crippen molar-refractivity contribution in [1.29, 1.82) is 0 Å². The van der Waals surface area contributed by atoms with Gasteiger partial charge in [-0.05, 0) is 53.5 Å². The molecule has 0 unspecified atom stereocenters. The topological polar surface area (TPSA) is 20.2 Å². The lowest BCUT2D eigenvalue weighted by molar-refractivity contribution is 0.297. The smallest absolute Gasteiger partial charge is 0.0433 e. The zero-order valence-corrected chi connectivity index (χ0v) is 8.99. The molecule has 1 rings (SSSR count). The molecule has 0 heterocycles. The van der Waals surface area contributed by atoms with Crippen LogP contribution in [0.4, 0.5) is 0 Å². The largest absolute Gasteiger partial charge is 0.396 e. The van der Waals surface area contributed by atoms with Gasteiger partial charge < -0.3 is 5.11 Å². The molecular formula is C10H12IO. The van der Waals surface area contributed by atoms with E-state index in [-0.39, 0.29) is 6.61 Å². The quantitative estimate of drug-likeness (QED) is 0.661. The SMILES string of the molecule is OCC[CH]Cc1ccccc1I. The molecule has 0 saturated carbocycles. The molecule has 0 amide bonds. The molecule has 1 nitrogen and oxygen atoms in total. The first-order valence-electron chi connectivity index (χ1n) is 4.00. The van der Waals surface area contributed by atoms with Gasteiger partial charge >= 0.3 is 0 Å². The van der Waals surface area contributed by atoms with Crippen molar-refractivity contribution < 1.29 is 5.11 Å². The molecule has 0 bridgehead atoms. The van der Waals surface area contributed by atoms with E-state index < -0.39 is 0 Å². The Morgan fingerprint density at radius 1 is 1.33 bits per heavy atom. The number of unbranched alkanes of at least 4 members (excludes halogenated alkanes) is 1. The van der Waals surface area contributed by atoms with Crippen LogP contribution < -0.4 is 0 Å². The molecule has 65 valence electrons. The fourth-order valence-electron chi connectivity index (χ4n) is 1.01.